The van der Waals surface area contributed by atoms with Gasteiger partial charge in [0, 0.05) is 44.0 Å². The summed E-state index contributed by atoms with van der Waals surface area (Å²) in [4.78, 5) is 28.9. The van der Waals surface area contributed by atoms with E-state index in [1.807, 2.05) is 36.4 Å². The average Bonchev–Trinajstić information content (AvgIpc) is 3.36. The molecule has 158 valence electrons. The number of benzene rings is 2. The molecule has 0 unspecified atom stereocenters. The Balaban J connectivity index is 1.46. The van der Waals surface area contributed by atoms with Crippen LogP contribution in [-0.4, -0.2) is 32.3 Å². The lowest BCUT2D eigenvalue weighted by Gasteiger charge is -2.12. The Labute approximate surface area is 176 Å². The van der Waals surface area contributed by atoms with E-state index in [2.05, 4.69) is 10.3 Å². The highest BCUT2D eigenvalue weighted by molar-refractivity contribution is 6.06. The number of para-hydroxylation sites is 1. The molecule has 0 aliphatic heterocycles. The summed E-state index contributed by atoms with van der Waals surface area (Å²) in [7, 11) is 4.70. The van der Waals surface area contributed by atoms with Crippen LogP contribution in [0.5, 0.6) is 5.75 Å². The second-order valence-electron chi connectivity index (χ2n) is 7.39. The van der Waals surface area contributed by atoms with E-state index in [1.54, 1.807) is 25.1 Å². The van der Waals surface area contributed by atoms with E-state index in [0.29, 0.717) is 30.0 Å². The van der Waals surface area contributed by atoms with Gasteiger partial charge in [-0.05, 0) is 12.1 Å². The van der Waals surface area contributed by atoms with Gasteiger partial charge in [0.05, 0.1) is 19.1 Å². The van der Waals surface area contributed by atoms with Crippen LogP contribution in [0.3, 0.4) is 0 Å². The number of aryl methyl sites for hydroxylation is 1. The Bertz CT molecular complexity index is 1570. The molecule has 1 N–H and O–H groups in total. The molecule has 0 saturated heterocycles. The number of hydrogen-bond donors (Lipinski definition) is 1. The van der Waals surface area contributed by atoms with Gasteiger partial charge in [-0.3, -0.25) is 13.9 Å². The van der Waals surface area contributed by atoms with Crippen LogP contribution in [0.2, 0.25) is 0 Å². The number of anilines is 1. The van der Waals surface area contributed by atoms with E-state index in [1.165, 1.54) is 11.6 Å². The molecule has 0 atom stereocenters. The highest BCUT2D eigenvalue weighted by atomic mass is 16.5. The number of ether oxygens (including phenoxy) is 1. The van der Waals surface area contributed by atoms with Crippen molar-refractivity contribution >= 4 is 38.8 Å². The number of furan rings is 1. The van der Waals surface area contributed by atoms with Gasteiger partial charge in [0.1, 0.15) is 16.9 Å². The summed E-state index contributed by atoms with van der Waals surface area (Å²) in [5, 5.41) is 5.38. The first kappa shape index (κ1) is 19.0. The largest absolute Gasteiger partial charge is 0.495 e. The Hall–Kier alpha value is -4.01. The third kappa shape index (κ3) is 2.89. The van der Waals surface area contributed by atoms with E-state index >= 15 is 0 Å². The summed E-state index contributed by atoms with van der Waals surface area (Å²) >= 11 is 0. The smallest absolute Gasteiger partial charge is 0.332 e. The number of hydrogen-bond acceptors (Lipinski definition) is 6. The average molecular weight is 419 g/mol. The second-order valence-corrected chi connectivity index (χ2v) is 7.39. The van der Waals surface area contributed by atoms with Crippen molar-refractivity contribution in [1.82, 2.24) is 18.7 Å². The van der Waals surface area contributed by atoms with Gasteiger partial charge in [-0.25, -0.2) is 9.78 Å². The first-order valence-corrected chi connectivity index (χ1v) is 9.83. The number of aromatic nitrogens is 4. The maximum Gasteiger partial charge on any atom is 0.332 e. The summed E-state index contributed by atoms with van der Waals surface area (Å²) in [6.45, 7) is 0.991. The first-order valence-electron chi connectivity index (χ1n) is 9.83. The molecular formula is C22H21N5O4. The van der Waals surface area contributed by atoms with Gasteiger partial charge in [-0.15, -0.1) is 0 Å². The maximum atomic E-state index is 12.6. The summed E-state index contributed by atoms with van der Waals surface area (Å²) in [6.07, 6.45) is 1.58. The molecule has 5 rings (SSSR count). The number of imidazole rings is 1. The molecule has 9 nitrogen and oxygen atoms in total. The molecule has 2 aromatic carbocycles. The molecule has 3 heterocycles. The zero-order valence-corrected chi connectivity index (χ0v) is 17.4. The Morgan fingerprint density at radius 1 is 1.06 bits per heavy atom. The quantitative estimate of drug-likeness (QED) is 0.470. The zero-order valence-electron chi connectivity index (χ0n) is 17.4. The first-order chi connectivity index (χ1) is 15.0. The minimum atomic E-state index is -0.398. The van der Waals surface area contributed by atoms with Crippen molar-refractivity contribution < 1.29 is 9.15 Å². The van der Waals surface area contributed by atoms with E-state index in [0.717, 1.165) is 32.2 Å². The summed E-state index contributed by atoms with van der Waals surface area (Å²) in [6, 6.07) is 11.8. The van der Waals surface area contributed by atoms with Crippen LogP contribution < -0.4 is 21.3 Å². The standard InChI is InChI=1S/C22H21N5O4/c1-25-20-19(21(28)26(2)22(25)29)27(12-24-20)9-8-23-15-11-17-14(10-18(15)30-3)13-6-4-5-7-16(13)31-17/h4-7,10-12,23H,8-9H2,1-3H3. The third-order valence-corrected chi connectivity index (χ3v) is 5.58. The van der Waals surface area contributed by atoms with Crippen molar-refractivity contribution in [3.63, 3.8) is 0 Å². The van der Waals surface area contributed by atoms with Gasteiger partial charge in [0.15, 0.2) is 11.2 Å². The van der Waals surface area contributed by atoms with Gasteiger partial charge >= 0.3 is 5.69 Å². The monoisotopic (exact) mass is 419 g/mol. The topological polar surface area (TPSA) is 96.2 Å². The van der Waals surface area contributed by atoms with Crippen molar-refractivity contribution in [2.24, 2.45) is 14.1 Å². The molecule has 31 heavy (non-hydrogen) atoms. The van der Waals surface area contributed by atoms with Crippen LogP contribution in [0.25, 0.3) is 33.1 Å². The number of nitrogens with one attached hydrogen (secondary N) is 1. The van der Waals surface area contributed by atoms with Crippen LogP contribution >= 0.6 is 0 Å². The third-order valence-electron chi connectivity index (χ3n) is 5.58. The fourth-order valence-corrected chi connectivity index (χ4v) is 3.94. The van der Waals surface area contributed by atoms with Crippen molar-refractivity contribution in [2.45, 2.75) is 6.54 Å². The molecule has 0 saturated carbocycles. The molecule has 5 aromatic rings. The predicted molar refractivity (Wildman–Crippen MR) is 119 cm³/mol. The van der Waals surface area contributed by atoms with Crippen molar-refractivity contribution in [3.05, 3.63) is 63.6 Å². The molecule has 9 heteroatoms. The van der Waals surface area contributed by atoms with E-state index < -0.39 is 5.69 Å². The highest BCUT2D eigenvalue weighted by Crippen LogP contribution is 2.36. The molecule has 0 bridgehead atoms. The van der Waals surface area contributed by atoms with Gasteiger partial charge in [0.25, 0.3) is 5.56 Å². The molecule has 0 aliphatic carbocycles. The second kappa shape index (κ2) is 7.05. The molecule has 0 aliphatic rings. The van der Waals surface area contributed by atoms with E-state index in [4.69, 9.17) is 9.15 Å². The van der Waals surface area contributed by atoms with Crippen LogP contribution in [0.15, 0.2) is 56.7 Å². The highest BCUT2D eigenvalue weighted by Gasteiger charge is 2.15. The summed E-state index contributed by atoms with van der Waals surface area (Å²) in [5.74, 6) is 0.702. The van der Waals surface area contributed by atoms with Crippen LogP contribution in [0.4, 0.5) is 5.69 Å². The van der Waals surface area contributed by atoms with Gasteiger partial charge in [-0.1, -0.05) is 18.2 Å². The number of rotatable bonds is 5. The van der Waals surface area contributed by atoms with Crippen LogP contribution in [0, 0.1) is 0 Å². The maximum absolute atomic E-state index is 12.6. The van der Waals surface area contributed by atoms with Gasteiger partial charge in [0.2, 0.25) is 0 Å². The van der Waals surface area contributed by atoms with Crippen molar-refractivity contribution in [1.29, 1.82) is 0 Å². The predicted octanol–water partition coefficient (Wildman–Crippen LogP) is 2.45. The van der Waals surface area contributed by atoms with Crippen molar-refractivity contribution in [3.8, 4) is 5.75 Å². The normalized spacial score (nSPS) is 11.6. The molecule has 0 spiro atoms. The molecular weight excluding hydrogens is 398 g/mol. The number of fused-ring (bicyclic) bond motifs is 4. The molecule has 0 fully saturated rings. The summed E-state index contributed by atoms with van der Waals surface area (Å²) < 4.78 is 15.8. The van der Waals surface area contributed by atoms with Gasteiger partial charge in [-0.2, -0.15) is 0 Å². The van der Waals surface area contributed by atoms with E-state index in [9.17, 15) is 9.59 Å². The van der Waals surface area contributed by atoms with Crippen LogP contribution in [-0.2, 0) is 20.6 Å². The lowest BCUT2D eigenvalue weighted by atomic mass is 10.1. The minimum Gasteiger partial charge on any atom is -0.495 e. The summed E-state index contributed by atoms with van der Waals surface area (Å²) in [5.41, 5.74) is 2.38. The Morgan fingerprint density at radius 2 is 1.87 bits per heavy atom. The molecule has 3 aromatic heterocycles. The number of methoxy groups -OCH3 is 1. The Morgan fingerprint density at radius 3 is 2.68 bits per heavy atom. The van der Waals surface area contributed by atoms with E-state index in [-0.39, 0.29) is 5.56 Å². The number of nitrogens with zero attached hydrogens (tertiary/aromatic N) is 4. The van der Waals surface area contributed by atoms with Crippen LogP contribution in [0.1, 0.15) is 0 Å². The minimum absolute atomic E-state index is 0.364. The zero-order chi connectivity index (χ0) is 21.7. The van der Waals surface area contributed by atoms with Gasteiger partial charge < -0.3 is 19.0 Å². The van der Waals surface area contributed by atoms with Crippen molar-refractivity contribution in [2.75, 3.05) is 19.0 Å². The molecule has 0 amide bonds. The Kier molecular flexibility index (Phi) is 4.32. The fraction of sp³-hybridized carbons (Fsp3) is 0.227. The lowest BCUT2D eigenvalue weighted by molar-refractivity contribution is 0.417. The fourth-order valence-electron chi connectivity index (χ4n) is 3.94. The SMILES string of the molecule is COc1cc2c(cc1NCCn1cnc3c1c(=O)n(C)c(=O)n3C)oc1ccccc12. The molecule has 0 radical (unpaired) electrons. The lowest BCUT2D eigenvalue weighted by Crippen LogP contribution is -2.37.